The number of hydrogen-bond donors (Lipinski definition) is 1. The molecule has 1 aliphatic rings. The molecule has 7 nitrogen and oxygen atoms in total. The lowest BCUT2D eigenvalue weighted by atomic mass is 9.86. The molecule has 43 heavy (non-hydrogen) atoms. The highest BCUT2D eigenvalue weighted by Crippen LogP contribution is 2.33. The van der Waals surface area contributed by atoms with Gasteiger partial charge in [0.1, 0.15) is 17.9 Å². The number of carbonyl (C=O) groups excluding carboxylic acids is 2. The van der Waals surface area contributed by atoms with Crippen LogP contribution in [0.5, 0.6) is 11.5 Å². The van der Waals surface area contributed by atoms with Crippen molar-refractivity contribution in [3.05, 3.63) is 88.7 Å². The Balaban J connectivity index is 1.28. The zero-order chi connectivity index (χ0) is 31.3. The maximum absolute atomic E-state index is 13.9. The van der Waals surface area contributed by atoms with Crippen LogP contribution in [-0.4, -0.2) is 54.1 Å². The van der Waals surface area contributed by atoms with Crippen molar-refractivity contribution in [3.8, 4) is 11.5 Å². The summed E-state index contributed by atoms with van der Waals surface area (Å²) in [5.41, 5.74) is 3.46. The minimum Gasteiger partial charge on any atom is -0.454 e. The number of nitrogens with zero attached hydrogens (tertiary/aromatic N) is 2. The molecule has 0 aromatic heterocycles. The third-order valence-corrected chi connectivity index (χ3v) is 7.21. The molecule has 0 radical (unpaired) electrons. The lowest BCUT2D eigenvalue weighted by Crippen LogP contribution is -2.38. The number of piperidine rings is 1. The Morgan fingerprint density at radius 2 is 1.60 bits per heavy atom. The van der Waals surface area contributed by atoms with Gasteiger partial charge in [-0.2, -0.15) is 0 Å². The van der Waals surface area contributed by atoms with Crippen molar-refractivity contribution in [1.29, 1.82) is 0 Å². The van der Waals surface area contributed by atoms with Gasteiger partial charge < -0.3 is 19.7 Å². The fourth-order valence-corrected chi connectivity index (χ4v) is 5.01. The second kappa shape index (κ2) is 13.5. The quantitative estimate of drug-likeness (QED) is 0.274. The van der Waals surface area contributed by atoms with Gasteiger partial charge in [0.15, 0.2) is 23.2 Å². The van der Waals surface area contributed by atoms with Gasteiger partial charge in [-0.1, -0.05) is 18.2 Å². The predicted octanol–water partition coefficient (Wildman–Crippen LogP) is 7.39. The maximum atomic E-state index is 13.9. The second-order valence-electron chi connectivity index (χ2n) is 11.9. The predicted molar refractivity (Wildman–Crippen MR) is 159 cm³/mol. The van der Waals surface area contributed by atoms with E-state index in [0.29, 0.717) is 29.5 Å². The van der Waals surface area contributed by atoms with Gasteiger partial charge in [0, 0.05) is 31.4 Å². The van der Waals surface area contributed by atoms with Gasteiger partial charge in [-0.3, -0.25) is 9.69 Å². The SMILES string of the molecule is Cc1ccc(NC(=O)CN(C)C(=O)OC(C)(C)C)cc1C1CCN(Cc2ccc(Oc3cc(F)c(F)cc3F)cc2)CC1. The molecule has 0 bridgehead atoms. The summed E-state index contributed by atoms with van der Waals surface area (Å²) in [6.45, 7) is 9.78. The van der Waals surface area contributed by atoms with Crippen molar-refractivity contribution < 1.29 is 32.2 Å². The smallest absolute Gasteiger partial charge is 0.410 e. The fraction of sp³-hybridized carbons (Fsp3) is 0.394. The van der Waals surface area contributed by atoms with Gasteiger partial charge in [-0.05, 0) is 100 Å². The van der Waals surface area contributed by atoms with E-state index in [-0.39, 0.29) is 18.2 Å². The number of rotatable bonds is 8. The van der Waals surface area contributed by atoms with Crippen molar-refractivity contribution >= 4 is 17.7 Å². The lowest BCUT2D eigenvalue weighted by molar-refractivity contribution is -0.117. The highest BCUT2D eigenvalue weighted by molar-refractivity contribution is 5.94. The van der Waals surface area contributed by atoms with Crippen LogP contribution in [0.3, 0.4) is 0 Å². The Labute approximate surface area is 250 Å². The van der Waals surface area contributed by atoms with E-state index in [0.717, 1.165) is 43.6 Å². The first-order chi connectivity index (χ1) is 20.3. The number of benzene rings is 3. The summed E-state index contributed by atoms with van der Waals surface area (Å²) in [7, 11) is 1.53. The molecule has 0 atom stereocenters. The van der Waals surface area contributed by atoms with Gasteiger partial charge >= 0.3 is 6.09 Å². The number of anilines is 1. The van der Waals surface area contributed by atoms with E-state index in [4.69, 9.17) is 9.47 Å². The van der Waals surface area contributed by atoms with Crippen molar-refractivity contribution in [2.45, 2.75) is 58.6 Å². The molecule has 0 aliphatic carbocycles. The number of ether oxygens (including phenoxy) is 2. The highest BCUT2D eigenvalue weighted by atomic mass is 19.2. The number of carbonyl (C=O) groups is 2. The van der Waals surface area contributed by atoms with Gasteiger partial charge in [-0.25, -0.2) is 18.0 Å². The fourth-order valence-electron chi connectivity index (χ4n) is 5.01. The largest absolute Gasteiger partial charge is 0.454 e. The molecule has 1 heterocycles. The van der Waals surface area contributed by atoms with Crippen LogP contribution in [0.25, 0.3) is 0 Å². The summed E-state index contributed by atoms with van der Waals surface area (Å²) < 4.78 is 51.2. The first kappa shape index (κ1) is 31.9. The average Bonchev–Trinajstić information content (AvgIpc) is 2.93. The number of halogens is 3. The van der Waals surface area contributed by atoms with Crippen LogP contribution in [0.1, 0.15) is 56.2 Å². The monoisotopic (exact) mass is 597 g/mol. The van der Waals surface area contributed by atoms with Crippen molar-refractivity contribution in [3.63, 3.8) is 0 Å². The Morgan fingerprint density at radius 1 is 0.953 bits per heavy atom. The maximum Gasteiger partial charge on any atom is 0.410 e. The number of aryl methyl sites for hydroxylation is 1. The molecule has 4 rings (SSSR count). The summed E-state index contributed by atoms with van der Waals surface area (Å²) in [6.07, 6.45) is 1.35. The zero-order valence-corrected chi connectivity index (χ0v) is 25.2. The van der Waals surface area contributed by atoms with E-state index >= 15 is 0 Å². The normalized spacial score (nSPS) is 14.3. The molecule has 2 amide bonds. The van der Waals surface area contributed by atoms with Crippen LogP contribution < -0.4 is 10.1 Å². The van der Waals surface area contributed by atoms with Gasteiger partial charge in [0.2, 0.25) is 5.91 Å². The van der Waals surface area contributed by atoms with Crippen LogP contribution in [-0.2, 0) is 16.1 Å². The van der Waals surface area contributed by atoms with Gasteiger partial charge in [0.05, 0.1) is 0 Å². The van der Waals surface area contributed by atoms with Crippen molar-refractivity contribution in [2.75, 3.05) is 32.0 Å². The second-order valence-corrected chi connectivity index (χ2v) is 11.9. The minimum atomic E-state index is -1.27. The molecule has 0 saturated carbocycles. The summed E-state index contributed by atoms with van der Waals surface area (Å²) in [6, 6.07) is 14.2. The Bertz CT molecular complexity index is 1450. The summed E-state index contributed by atoms with van der Waals surface area (Å²) in [5.74, 6) is -3.42. The van der Waals surface area contributed by atoms with Gasteiger partial charge in [0.25, 0.3) is 0 Å². The highest BCUT2D eigenvalue weighted by Gasteiger charge is 2.24. The molecule has 3 aromatic carbocycles. The first-order valence-electron chi connectivity index (χ1n) is 14.3. The van der Waals surface area contributed by atoms with Crippen LogP contribution in [0, 0.1) is 24.4 Å². The molecule has 3 aromatic rings. The van der Waals surface area contributed by atoms with E-state index in [1.807, 2.05) is 30.3 Å². The summed E-state index contributed by atoms with van der Waals surface area (Å²) in [5, 5.41) is 2.90. The third-order valence-electron chi connectivity index (χ3n) is 7.21. The van der Waals surface area contributed by atoms with Crippen molar-refractivity contribution in [2.24, 2.45) is 0 Å². The van der Waals surface area contributed by atoms with Gasteiger partial charge in [-0.15, -0.1) is 0 Å². The molecule has 1 fully saturated rings. The number of likely N-dealkylation sites (tertiary alicyclic amines) is 1. The standard InChI is InChI=1S/C33H38F3N3O4/c1-21-6-9-24(37-31(40)20-38(5)32(41)43-33(2,3)4)16-26(21)23-12-14-39(15-13-23)19-22-7-10-25(11-8-22)42-30-18-28(35)27(34)17-29(30)36/h6-11,16-18,23H,12-15,19-20H2,1-5H3,(H,37,40). The Morgan fingerprint density at radius 3 is 2.26 bits per heavy atom. The van der Waals surface area contributed by atoms with E-state index in [1.165, 1.54) is 17.5 Å². The molecule has 10 heteroatoms. The van der Waals surface area contributed by atoms with Crippen LogP contribution in [0.4, 0.5) is 23.7 Å². The summed E-state index contributed by atoms with van der Waals surface area (Å²) in [4.78, 5) is 28.4. The number of nitrogens with one attached hydrogen (secondary N) is 1. The van der Waals surface area contributed by atoms with Crippen LogP contribution in [0.2, 0.25) is 0 Å². The molecule has 0 spiro atoms. The molecule has 230 valence electrons. The van der Waals surface area contributed by atoms with E-state index in [2.05, 4.69) is 17.1 Å². The minimum absolute atomic E-state index is 0.120. The first-order valence-corrected chi connectivity index (χ1v) is 14.3. The summed E-state index contributed by atoms with van der Waals surface area (Å²) >= 11 is 0. The van der Waals surface area contributed by atoms with Crippen LogP contribution >= 0.6 is 0 Å². The van der Waals surface area contributed by atoms with E-state index < -0.39 is 29.1 Å². The van der Waals surface area contributed by atoms with Crippen LogP contribution in [0.15, 0.2) is 54.6 Å². The number of likely N-dealkylation sites (N-methyl/N-ethyl adjacent to an activating group) is 1. The molecule has 0 unspecified atom stereocenters. The van der Waals surface area contributed by atoms with E-state index in [9.17, 15) is 22.8 Å². The van der Waals surface area contributed by atoms with Crippen molar-refractivity contribution in [1.82, 2.24) is 9.80 Å². The third kappa shape index (κ3) is 8.97. The number of amides is 2. The molecule has 1 N–H and O–H groups in total. The number of hydrogen-bond acceptors (Lipinski definition) is 5. The molecular weight excluding hydrogens is 559 g/mol. The average molecular weight is 598 g/mol. The lowest BCUT2D eigenvalue weighted by Gasteiger charge is -2.33. The Kier molecular flexibility index (Phi) is 10.0. The van der Waals surface area contributed by atoms with E-state index in [1.54, 1.807) is 32.9 Å². The molecule has 1 aliphatic heterocycles. The molecule has 1 saturated heterocycles. The Hall–Kier alpha value is -4.05. The molecular formula is C33H38F3N3O4. The zero-order valence-electron chi connectivity index (χ0n) is 25.2. The topological polar surface area (TPSA) is 71.1 Å².